The van der Waals surface area contributed by atoms with Crippen molar-refractivity contribution in [1.82, 2.24) is 19.8 Å². The van der Waals surface area contributed by atoms with Crippen LogP contribution in [0.2, 0.25) is 0 Å². The molecule has 1 aromatic rings. The molecule has 1 rings (SSSR count). The summed E-state index contributed by atoms with van der Waals surface area (Å²) in [6.45, 7) is 8.25. The van der Waals surface area contributed by atoms with Gasteiger partial charge in [-0.1, -0.05) is 13.8 Å². The van der Waals surface area contributed by atoms with Gasteiger partial charge in [0.25, 0.3) is 0 Å². The fourth-order valence-corrected chi connectivity index (χ4v) is 1.98. The molecule has 0 bridgehead atoms. The summed E-state index contributed by atoms with van der Waals surface area (Å²) >= 11 is 0. The Morgan fingerprint density at radius 1 is 1.47 bits per heavy atom. The predicted octanol–water partition coefficient (Wildman–Crippen LogP) is 1.50. The van der Waals surface area contributed by atoms with E-state index in [0.717, 1.165) is 13.1 Å². The van der Waals surface area contributed by atoms with E-state index in [0.29, 0.717) is 12.3 Å². The average Bonchev–Trinajstić information content (AvgIpc) is 2.75. The Labute approximate surface area is 116 Å². The zero-order valence-corrected chi connectivity index (χ0v) is 12.7. The van der Waals surface area contributed by atoms with Gasteiger partial charge in [0.1, 0.15) is 0 Å². The highest BCUT2D eigenvalue weighted by molar-refractivity contribution is 5.76. The van der Waals surface area contributed by atoms with Gasteiger partial charge in [-0.2, -0.15) is 0 Å². The Morgan fingerprint density at radius 2 is 2.16 bits per heavy atom. The van der Waals surface area contributed by atoms with Crippen LogP contribution in [-0.2, 0) is 17.9 Å². The topological polar surface area (TPSA) is 50.2 Å². The molecule has 0 aliphatic rings. The van der Waals surface area contributed by atoms with Crippen molar-refractivity contribution in [2.24, 2.45) is 5.92 Å². The summed E-state index contributed by atoms with van der Waals surface area (Å²) in [6.07, 6.45) is 4.31. The Balaban J connectivity index is 2.58. The highest BCUT2D eigenvalue weighted by Gasteiger charge is 2.15. The summed E-state index contributed by atoms with van der Waals surface area (Å²) in [5.41, 5.74) is 1.19. The first-order valence-electron chi connectivity index (χ1n) is 6.83. The van der Waals surface area contributed by atoms with Crippen LogP contribution >= 0.6 is 0 Å². The molecule has 0 spiro atoms. The summed E-state index contributed by atoms with van der Waals surface area (Å²) in [6, 6.07) is 0.211. The van der Waals surface area contributed by atoms with Gasteiger partial charge in [0.2, 0.25) is 5.91 Å². The third kappa shape index (κ3) is 5.03. The molecule has 1 unspecified atom stereocenters. The first-order chi connectivity index (χ1) is 8.93. The summed E-state index contributed by atoms with van der Waals surface area (Å²) in [5.74, 6) is 0.677. The summed E-state index contributed by atoms with van der Waals surface area (Å²) in [7, 11) is 3.72. The number of imidazole rings is 1. The van der Waals surface area contributed by atoms with Crippen molar-refractivity contribution in [2.45, 2.75) is 46.3 Å². The Morgan fingerprint density at radius 3 is 2.74 bits per heavy atom. The number of rotatable bonds is 7. The Bertz CT molecular complexity index is 400. The summed E-state index contributed by atoms with van der Waals surface area (Å²) in [5, 5.41) is 2.66. The maximum Gasteiger partial charge on any atom is 0.221 e. The molecule has 0 saturated heterocycles. The van der Waals surface area contributed by atoms with E-state index < -0.39 is 0 Å². The third-order valence-corrected chi connectivity index (χ3v) is 3.28. The van der Waals surface area contributed by atoms with Crippen molar-refractivity contribution in [2.75, 3.05) is 14.1 Å². The van der Waals surface area contributed by atoms with E-state index in [2.05, 4.69) is 40.5 Å². The van der Waals surface area contributed by atoms with Gasteiger partial charge in [0, 0.05) is 38.8 Å². The van der Waals surface area contributed by atoms with Gasteiger partial charge in [-0.05, 0) is 19.9 Å². The molecule has 1 N–H and O–H groups in total. The molecule has 0 aliphatic carbocycles. The van der Waals surface area contributed by atoms with Gasteiger partial charge in [-0.25, -0.2) is 4.98 Å². The van der Waals surface area contributed by atoms with E-state index >= 15 is 0 Å². The van der Waals surface area contributed by atoms with Gasteiger partial charge in [-0.15, -0.1) is 0 Å². The van der Waals surface area contributed by atoms with Gasteiger partial charge < -0.3 is 9.88 Å². The molecule has 1 amide bonds. The van der Waals surface area contributed by atoms with Crippen LogP contribution in [0.5, 0.6) is 0 Å². The normalized spacial score (nSPS) is 13.0. The number of carbonyl (C=O) groups excluding carboxylic acids is 1. The van der Waals surface area contributed by atoms with Crippen molar-refractivity contribution in [3.8, 4) is 0 Å². The summed E-state index contributed by atoms with van der Waals surface area (Å²) in [4.78, 5) is 17.8. The standard InChI is InChI=1S/C14H26N4O/c1-11(2)8-18-10-16-7-13(18)9-17(5)12(3)6-14(19)15-4/h7,10-12H,6,8-9H2,1-5H3,(H,15,19). The number of nitrogens with zero attached hydrogens (tertiary/aromatic N) is 3. The maximum atomic E-state index is 11.4. The number of hydrogen-bond donors (Lipinski definition) is 1. The SMILES string of the molecule is CNC(=O)CC(C)N(C)Cc1cncn1CC(C)C. The maximum absolute atomic E-state index is 11.4. The Kier molecular flexibility index (Phi) is 6.02. The van der Waals surface area contributed by atoms with Crippen LogP contribution in [0.3, 0.4) is 0 Å². The first kappa shape index (κ1) is 15.7. The van der Waals surface area contributed by atoms with Crippen molar-refractivity contribution < 1.29 is 4.79 Å². The molecule has 0 saturated carbocycles. The molecule has 1 aromatic heterocycles. The van der Waals surface area contributed by atoms with Crippen LogP contribution in [0, 0.1) is 5.92 Å². The molecule has 5 nitrogen and oxygen atoms in total. The Hall–Kier alpha value is -1.36. The number of hydrogen-bond acceptors (Lipinski definition) is 3. The van der Waals surface area contributed by atoms with Crippen LogP contribution in [0.25, 0.3) is 0 Å². The molecule has 108 valence electrons. The number of aromatic nitrogens is 2. The molecular weight excluding hydrogens is 240 g/mol. The first-order valence-corrected chi connectivity index (χ1v) is 6.83. The molecule has 19 heavy (non-hydrogen) atoms. The zero-order chi connectivity index (χ0) is 14.4. The second kappa shape index (κ2) is 7.28. The largest absolute Gasteiger partial charge is 0.359 e. The number of nitrogens with one attached hydrogen (secondary N) is 1. The minimum atomic E-state index is 0.0787. The molecule has 1 heterocycles. The quantitative estimate of drug-likeness (QED) is 0.813. The van der Waals surface area contributed by atoms with Crippen LogP contribution in [0.15, 0.2) is 12.5 Å². The monoisotopic (exact) mass is 266 g/mol. The number of amides is 1. The lowest BCUT2D eigenvalue weighted by molar-refractivity contribution is -0.121. The minimum absolute atomic E-state index is 0.0787. The van der Waals surface area contributed by atoms with Gasteiger partial charge in [0.05, 0.1) is 12.0 Å². The van der Waals surface area contributed by atoms with Crippen molar-refractivity contribution in [1.29, 1.82) is 0 Å². The predicted molar refractivity (Wildman–Crippen MR) is 76.7 cm³/mol. The molecule has 0 fully saturated rings. The van der Waals surface area contributed by atoms with E-state index in [1.54, 1.807) is 7.05 Å². The lowest BCUT2D eigenvalue weighted by Gasteiger charge is -2.24. The molecule has 0 aromatic carbocycles. The third-order valence-electron chi connectivity index (χ3n) is 3.28. The molecule has 5 heteroatoms. The van der Waals surface area contributed by atoms with Crippen LogP contribution in [0.4, 0.5) is 0 Å². The second-order valence-electron chi connectivity index (χ2n) is 5.57. The minimum Gasteiger partial charge on any atom is -0.359 e. The number of carbonyl (C=O) groups is 1. The molecule has 0 radical (unpaired) electrons. The van der Waals surface area contributed by atoms with E-state index in [-0.39, 0.29) is 11.9 Å². The average molecular weight is 266 g/mol. The van der Waals surface area contributed by atoms with Crippen molar-refractivity contribution in [3.63, 3.8) is 0 Å². The van der Waals surface area contributed by atoms with Gasteiger partial charge in [0.15, 0.2) is 0 Å². The van der Waals surface area contributed by atoms with E-state index in [1.807, 2.05) is 19.6 Å². The summed E-state index contributed by atoms with van der Waals surface area (Å²) < 4.78 is 2.19. The van der Waals surface area contributed by atoms with Gasteiger partial charge >= 0.3 is 0 Å². The van der Waals surface area contributed by atoms with Crippen LogP contribution < -0.4 is 5.32 Å². The van der Waals surface area contributed by atoms with E-state index in [9.17, 15) is 4.79 Å². The molecular formula is C14H26N4O. The highest BCUT2D eigenvalue weighted by Crippen LogP contribution is 2.10. The fraction of sp³-hybridized carbons (Fsp3) is 0.714. The van der Waals surface area contributed by atoms with E-state index in [4.69, 9.17) is 0 Å². The fourth-order valence-electron chi connectivity index (χ4n) is 1.98. The zero-order valence-electron chi connectivity index (χ0n) is 12.7. The lowest BCUT2D eigenvalue weighted by atomic mass is 10.2. The molecule has 0 aliphatic heterocycles. The van der Waals surface area contributed by atoms with Crippen LogP contribution in [-0.4, -0.2) is 40.5 Å². The van der Waals surface area contributed by atoms with Crippen molar-refractivity contribution in [3.05, 3.63) is 18.2 Å². The van der Waals surface area contributed by atoms with Crippen molar-refractivity contribution >= 4 is 5.91 Å². The molecule has 1 atom stereocenters. The lowest BCUT2D eigenvalue weighted by Crippen LogP contribution is -2.34. The smallest absolute Gasteiger partial charge is 0.221 e. The highest BCUT2D eigenvalue weighted by atomic mass is 16.1. The van der Waals surface area contributed by atoms with Gasteiger partial charge in [-0.3, -0.25) is 9.69 Å². The second-order valence-corrected chi connectivity index (χ2v) is 5.57. The van der Waals surface area contributed by atoms with Crippen LogP contribution in [0.1, 0.15) is 32.9 Å². The van der Waals surface area contributed by atoms with E-state index in [1.165, 1.54) is 5.69 Å².